The Morgan fingerprint density at radius 1 is 1.13 bits per heavy atom. The van der Waals surface area contributed by atoms with Gasteiger partial charge in [0, 0.05) is 61.8 Å². The molecule has 1 fully saturated rings. The minimum absolute atomic E-state index is 0.520. The van der Waals surface area contributed by atoms with Crippen LogP contribution in [0.3, 0.4) is 0 Å². The highest BCUT2D eigenvalue weighted by Gasteiger charge is 2.24. The van der Waals surface area contributed by atoms with Crippen LogP contribution in [0.25, 0.3) is 17.0 Å². The van der Waals surface area contributed by atoms with Crippen molar-refractivity contribution in [2.24, 2.45) is 0 Å². The molecule has 160 valence electrons. The van der Waals surface area contributed by atoms with Gasteiger partial charge in [-0.1, -0.05) is 18.6 Å². The zero-order valence-corrected chi connectivity index (χ0v) is 17.6. The summed E-state index contributed by atoms with van der Waals surface area (Å²) in [5, 5.41) is 9.99. The number of likely N-dealkylation sites (tertiary alicyclic amines) is 1. The van der Waals surface area contributed by atoms with E-state index < -0.39 is 5.91 Å². The number of amides is 1. The van der Waals surface area contributed by atoms with Gasteiger partial charge >= 0.3 is 0 Å². The van der Waals surface area contributed by atoms with Gasteiger partial charge in [0.1, 0.15) is 0 Å². The molecule has 0 radical (unpaired) electrons. The first-order valence-corrected chi connectivity index (χ1v) is 11.0. The van der Waals surface area contributed by atoms with Gasteiger partial charge < -0.3 is 9.47 Å². The lowest BCUT2D eigenvalue weighted by Crippen LogP contribution is -2.34. The summed E-state index contributed by atoms with van der Waals surface area (Å²) >= 11 is 0. The van der Waals surface area contributed by atoms with Crippen LogP contribution in [-0.4, -0.2) is 58.2 Å². The molecule has 2 N–H and O–H groups in total. The highest BCUT2D eigenvalue weighted by atomic mass is 16.5. The van der Waals surface area contributed by atoms with E-state index in [0.29, 0.717) is 0 Å². The van der Waals surface area contributed by atoms with Crippen LogP contribution in [-0.2, 0) is 24.3 Å². The van der Waals surface area contributed by atoms with E-state index in [4.69, 9.17) is 5.21 Å². The van der Waals surface area contributed by atoms with Crippen LogP contribution >= 0.6 is 0 Å². The molecule has 6 heteroatoms. The molecule has 1 aromatic heterocycles. The van der Waals surface area contributed by atoms with Gasteiger partial charge in [0.25, 0.3) is 5.91 Å². The minimum atomic E-state index is -0.520. The van der Waals surface area contributed by atoms with Gasteiger partial charge in [-0.2, -0.15) is 0 Å². The van der Waals surface area contributed by atoms with Crippen LogP contribution in [0.5, 0.6) is 0 Å². The van der Waals surface area contributed by atoms with E-state index in [1.54, 1.807) is 11.6 Å². The molecule has 0 spiro atoms. The summed E-state index contributed by atoms with van der Waals surface area (Å²) in [5.41, 5.74) is 6.74. The first-order chi connectivity index (χ1) is 14.7. The highest BCUT2D eigenvalue weighted by Crippen LogP contribution is 2.32. The number of fused-ring (bicyclic) bond motifs is 3. The number of hydrogen-bond donors (Lipinski definition) is 2. The van der Waals surface area contributed by atoms with Crippen LogP contribution in [0, 0.1) is 0 Å². The number of hydrogen-bond acceptors (Lipinski definition) is 4. The Morgan fingerprint density at radius 3 is 2.73 bits per heavy atom. The first kappa shape index (κ1) is 20.8. The lowest BCUT2D eigenvalue weighted by molar-refractivity contribution is -0.124. The number of hydroxylamine groups is 1. The Labute approximate surface area is 178 Å². The summed E-state index contributed by atoms with van der Waals surface area (Å²) in [6.45, 7) is 11.4. The fourth-order valence-electron chi connectivity index (χ4n) is 4.85. The van der Waals surface area contributed by atoms with E-state index in [-0.39, 0.29) is 0 Å². The Hall–Kier alpha value is -2.41. The van der Waals surface area contributed by atoms with Crippen LogP contribution < -0.4 is 5.48 Å². The molecule has 0 atom stereocenters. The number of carbonyl (C=O) groups is 1. The van der Waals surface area contributed by atoms with Crippen molar-refractivity contribution in [3.63, 3.8) is 0 Å². The lowest BCUT2D eigenvalue weighted by atomic mass is 10.0. The molecule has 1 saturated heterocycles. The fraction of sp³-hybridized carbons (Fsp3) is 0.458. The average molecular weight is 409 g/mol. The molecule has 1 amide bonds. The molecule has 2 aliphatic rings. The van der Waals surface area contributed by atoms with Gasteiger partial charge in [0.2, 0.25) is 0 Å². The van der Waals surface area contributed by atoms with Gasteiger partial charge in [0.15, 0.2) is 0 Å². The van der Waals surface area contributed by atoms with Crippen molar-refractivity contribution in [2.75, 3.05) is 32.7 Å². The molecule has 30 heavy (non-hydrogen) atoms. The van der Waals surface area contributed by atoms with E-state index in [0.717, 1.165) is 44.7 Å². The second kappa shape index (κ2) is 9.60. The predicted molar refractivity (Wildman–Crippen MR) is 120 cm³/mol. The fourth-order valence-corrected chi connectivity index (χ4v) is 4.85. The maximum atomic E-state index is 11.4. The number of nitrogens with zero attached hydrogens (tertiary/aromatic N) is 3. The van der Waals surface area contributed by atoms with Crippen LogP contribution in [0.15, 0.2) is 36.9 Å². The van der Waals surface area contributed by atoms with Crippen molar-refractivity contribution < 1.29 is 10.0 Å². The third kappa shape index (κ3) is 4.51. The van der Waals surface area contributed by atoms with Crippen LogP contribution in [0.4, 0.5) is 0 Å². The second-order valence-electron chi connectivity index (χ2n) is 8.34. The number of nitrogens with one attached hydrogen (secondary N) is 1. The number of benzene rings is 1. The van der Waals surface area contributed by atoms with Gasteiger partial charge in [-0.25, -0.2) is 5.48 Å². The van der Waals surface area contributed by atoms with Gasteiger partial charge in [-0.05, 0) is 55.3 Å². The van der Waals surface area contributed by atoms with Crippen LogP contribution in [0.2, 0.25) is 0 Å². The summed E-state index contributed by atoms with van der Waals surface area (Å²) in [7, 11) is 0. The van der Waals surface area contributed by atoms with Crippen molar-refractivity contribution >= 4 is 22.9 Å². The standard InChI is InChI=1S/C24H32N4O2/c1-2-11-27-14-10-23-21(18-27)20-17-19(7-9-24(29)25-30)6-8-22(20)28(23)16-15-26-12-4-3-5-13-26/h2,6-9,17,30H,1,3-5,10-16,18H2,(H,25,29)/b9-7+. The highest BCUT2D eigenvalue weighted by molar-refractivity contribution is 5.93. The molecule has 0 unspecified atom stereocenters. The summed E-state index contributed by atoms with van der Waals surface area (Å²) in [4.78, 5) is 16.4. The average Bonchev–Trinajstić information content (AvgIpc) is 3.09. The zero-order valence-electron chi connectivity index (χ0n) is 17.6. The molecule has 0 bridgehead atoms. The third-order valence-corrected chi connectivity index (χ3v) is 6.37. The van der Waals surface area contributed by atoms with Crippen molar-refractivity contribution in [1.29, 1.82) is 0 Å². The number of rotatable bonds is 7. The molecule has 0 saturated carbocycles. The zero-order chi connectivity index (χ0) is 20.9. The van der Waals surface area contributed by atoms with Crippen molar-refractivity contribution in [1.82, 2.24) is 19.8 Å². The Morgan fingerprint density at radius 2 is 1.97 bits per heavy atom. The van der Waals surface area contributed by atoms with E-state index in [1.165, 1.54) is 60.6 Å². The molecule has 4 rings (SSSR count). The van der Waals surface area contributed by atoms with E-state index in [9.17, 15) is 4.79 Å². The normalized spacial score (nSPS) is 18.0. The Balaban J connectivity index is 1.66. The predicted octanol–water partition coefficient (Wildman–Crippen LogP) is 3.19. The summed E-state index contributed by atoms with van der Waals surface area (Å²) < 4.78 is 2.53. The van der Waals surface area contributed by atoms with E-state index in [2.05, 4.69) is 33.1 Å². The van der Waals surface area contributed by atoms with Gasteiger partial charge in [0.05, 0.1) is 0 Å². The molecule has 2 aromatic rings. The smallest absolute Gasteiger partial charge is 0.267 e. The van der Waals surface area contributed by atoms with Crippen molar-refractivity contribution in [2.45, 2.75) is 38.8 Å². The number of carbonyl (C=O) groups excluding carboxylic acids is 1. The Kier molecular flexibility index (Phi) is 6.67. The van der Waals surface area contributed by atoms with Crippen LogP contribution in [0.1, 0.15) is 36.1 Å². The molecule has 3 heterocycles. The van der Waals surface area contributed by atoms with E-state index >= 15 is 0 Å². The summed E-state index contributed by atoms with van der Waals surface area (Å²) in [5.74, 6) is -0.520. The molecule has 2 aliphatic heterocycles. The van der Waals surface area contributed by atoms with Crippen molar-refractivity contribution in [3.8, 4) is 0 Å². The second-order valence-corrected chi connectivity index (χ2v) is 8.34. The summed E-state index contributed by atoms with van der Waals surface area (Å²) in [6, 6.07) is 6.40. The third-order valence-electron chi connectivity index (χ3n) is 6.37. The molecule has 1 aromatic carbocycles. The Bertz CT molecular complexity index is 940. The van der Waals surface area contributed by atoms with E-state index in [1.807, 2.05) is 12.1 Å². The lowest BCUT2D eigenvalue weighted by Gasteiger charge is -2.29. The number of piperidine rings is 1. The minimum Gasteiger partial charge on any atom is -0.343 e. The monoisotopic (exact) mass is 408 g/mol. The maximum absolute atomic E-state index is 11.4. The van der Waals surface area contributed by atoms with Gasteiger partial charge in [-0.3, -0.25) is 14.9 Å². The SMILES string of the molecule is C=CCN1CCc2c(c3cc(/C=C/C(=O)NO)ccc3n2CCN2CCCCC2)C1. The number of aromatic nitrogens is 1. The maximum Gasteiger partial charge on any atom is 0.267 e. The first-order valence-electron chi connectivity index (χ1n) is 11.0. The quantitative estimate of drug-likeness (QED) is 0.320. The topological polar surface area (TPSA) is 60.7 Å². The molecule has 0 aliphatic carbocycles. The van der Waals surface area contributed by atoms with Gasteiger partial charge in [-0.15, -0.1) is 6.58 Å². The largest absolute Gasteiger partial charge is 0.343 e. The summed E-state index contributed by atoms with van der Waals surface area (Å²) in [6.07, 6.45) is 10.1. The molecular weight excluding hydrogens is 376 g/mol. The van der Waals surface area contributed by atoms with Crippen molar-refractivity contribution in [3.05, 3.63) is 53.8 Å². The molecular formula is C24H32N4O2. The molecule has 6 nitrogen and oxygen atoms in total.